The van der Waals surface area contributed by atoms with Crippen LogP contribution in [0, 0.1) is 5.92 Å². The van der Waals surface area contributed by atoms with Gasteiger partial charge >= 0.3 is 0 Å². The molecule has 0 saturated carbocycles. The summed E-state index contributed by atoms with van der Waals surface area (Å²) in [6.07, 6.45) is 4.44. The number of hydrogen-bond acceptors (Lipinski definition) is 5. The number of nitrogens with zero attached hydrogens (tertiary/aromatic N) is 4. The lowest BCUT2D eigenvalue weighted by Gasteiger charge is -2.12. The first-order valence-corrected chi connectivity index (χ1v) is 7.34. The van der Waals surface area contributed by atoms with Crippen LogP contribution >= 0.6 is 0 Å². The highest BCUT2D eigenvalue weighted by Crippen LogP contribution is 2.22. The van der Waals surface area contributed by atoms with E-state index in [1.54, 1.807) is 31.2 Å². The van der Waals surface area contributed by atoms with E-state index in [1.165, 1.54) is 23.6 Å². The fraction of sp³-hybridized carbons (Fsp3) is 0.118. The minimum atomic E-state index is -0.594. The zero-order valence-electron chi connectivity index (χ0n) is 13.0. The van der Waals surface area contributed by atoms with Gasteiger partial charge in [0.2, 0.25) is 0 Å². The number of nitrogens with one attached hydrogen (secondary N) is 1. The van der Waals surface area contributed by atoms with E-state index >= 15 is 0 Å². The Morgan fingerprint density at radius 2 is 1.92 bits per heavy atom. The number of aromatic nitrogens is 1. The number of hydrazone groups is 2. The second kappa shape index (κ2) is 6.82. The molecule has 1 aliphatic heterocycles. The molecule has 0 fully saturated rings. The smallest absolute Gasteiger partial charge is 0.271 e. The zero-order valence-corrected chi connectivity index (χ0v) is 13.0. The fourth-order valence-corrected chi connectivity index (χ4v) is 2.24. The number of rotatable bonds is 4. The van der Waals surface area contributed by atoms with E-state index < -0.39 is 5.92 Å². The summed E-state index contributed by atoms with van der Waals surface area (Å²) in [5.74, 6) is -1.17. The first kappa shape index (κ1) is 15.5. The minimum absolute atomic E-state index is 0.208. The van der Waals surface area contributed by atoms with Gasteiger partial charge in [0.05, 0.1) is 11.4 Å². The molecule has 1 aliphatic rings. The summed E-state index contributed by atoms with van der Waals surface area (Å²) in [6, 6.07) is 12.3. The molecular formula is C17H15N5O2. The minimum Gasteiger partial charge on any atom is -0.271 e. The zero-order chi connectivity index (χ0) is 16.9. The van der Waals surface area contributed by atoms with Gasteiger partial charge in [0.1, 0.15) is 5.92 Å². The molecule has 0 radical (unpaired) electrons. The van der Waals surface area contributed by atoms with Gasteiger partial charge in [0, 0.05) is 24.2 Å². The van der Waals surface area contributed by atoms with Gasteiger partial charge in [-0.2, -0.15) is 15.2 Å². The highest BCUT2D eigenvalue weighted by molar-refractivity contribution is 6.23. The van der Waals surface area contributed by atoms with E-state index in [-0.39, 0.29) is 11.8 Å². The van der Waals surface area contributed by atoms with Crippen molar-refractivity contribution < 1.29 is 9.59 Å². The van der Waals surface area contributed by atoms with Crippen LogP contribution in [0.3, 0.4) is 0 Å². The molecule has 1 aromatic carbocycles. The lowest BCUT2D eigenvalue weighted by Crippen LogP contribution is -2.29. The SMILES string of the molecule is CC1=NN(c2ccccc2)C(=O)[C@H]1/C=N\NC(=O)c1ccncc1. The summed E-state index contributed by atoms with van der Waals surface area (Å²) in [5.41, 5.74) is 4.15. The quantitative estimate of drug-likeness (QED) is 0.688. The predicted molar refractivity (Wildman–Crippen MR) is 90.7 cm³/mol. The first-order chi connectivity index (χ1) is 11.7. The van der Waals surface area contributed by atoms with Crippen LogP contribution in [0.25, 0.3) is 0 Å². The molecule has 7 nitrogen and oxygen atoms in total. The second-order valence-electron chi connectivity index (χ2n) is 5.16. The van der Waals surface area contributed by atoms with Gasteiger partial charge in [-0.05, 0) is 31.2 Å². The lowest BCUT2D eigenvalue weighted by atomic mass is 10.1. The molecule has 0 aliphatic carbocycles. The summed E-state index contributed by atoms with van der Waals surface area (Å²) >= 11 is 0. The highest BCUT2D eigenvalue weighted by atomic mass is 16.2. The Labute approximate surface area is 138 Å². The van der Waals surface area contributed by atoms with Crippen molar-refractivity contribution in [3.8, 4) is 0 Å². The number of carbonyl (C=O) groups is 2. The molecule has 3 rings (SSSR count). The molecule has 7 heteroatoms. The fourth-order valence-electron chi connectivity index (χ4n) is 2.24. The second-order valence-corrected chi connectivity index (χ2v) is 5.16. The Morgan fingerprint density at radius 1 is 1.21 bits per heavy atom. The monoisotopic (exact) mass is 321 g/mol. The molecule has 0 saturated heterocycles. The molecule has 1 N–H and O–H groups in total. The van der Waals surface area contributed by atoms with E-state index in [9.17, 15) is 9.59 Å². The molecule has 0 unspecified atom stereocenters. The third-order valence-corrected chi connectivity index (χ3v) is 3.52. The summed E-state index contributed by atoms with van der Waals surface area (Å²) in [6.45, 7) is 1.75. The molecule has 1 aromatic heterocycles. The number of anilines is 1. The Balaban J connectivity index is 1.67. The average molecular weight is 321 g/mol. The van der Waals surface area contributed by atoms with Gasteiger partial charge in [0.15, 0.2) is 0 Å². The van der Waals surface area contributed by atoms with Gasteiger partial charge in [0.25, 0.3) is 11.8 Å². The molecule has 0 spiro atoms. The standard InChI is InChI=1S/C17H15N5O2/c1-12-15(11-19-20-16(23)13-7-9-18-10-8-13)17(24)22(21-12)14-5-3-2-4-6-14/h2-11,15H,1H3,(H,20,23)/b19-11-/t15-/m0/s1. The van der Waals surface area contributed by atoms with Crippen LogP contribution in [0.2, 0.25) is 0 Å². The maximum Gasteiger partial charge on any atom is 0.271 e. The molecule has 2 aromatic rings. The highest BCUT2D eigenvalue weighted by Gasteiger charge is 2.33. The topological polar surface area (TPSA) is 87.0 Å². The number of para-hydroxylation sites is 1. The Bertz CT molecular complexity index is 802. The maximum absolute atomic E-state index is 12.5. The van der Waals surface area contributed by atoms with Crippen molar-refractivity contribution in [3.63, 3.8) is 0 Å². The number of hydrogen-bond donors (Lipinski definition) is 1. The van der Waals surface area contributed by atoms with E-state index in [0.29, 0.717) is 17.0 Å². The van der Waals surface area contributed by atoms with Crippen molar-refractivity contribution in [1.29, 1.82) is 0 Å². The maximum atomic E-state index is 12.5. The van der Waals surface area contributed by atoms with Crippen molar-refractivity contribution >= 4 is 29.4 Å². The Morgan fingerprint density at radius 3 is 2.62 bits per heavy atom. The van der Waals surface area contributed by atoms with E-state index in [1.807, 2.05) is 18.2 Å². The Hall–Kier alpha value is -3.35. The molecule has 2 amide bonds. The lowest BCUT2D eigenvalue weighted by molar-refractivity contribution is -0.118. The van der Waals surface area contributed by atoms with Crippen LogP contribution in [0.15, 0.2) is 65.1 Å². The van der Waals surface area contributed by atoms with Crippen LogP contribution in [0.1, 0.15) is 17.3 Å². The largest absolute Gasteiger partial charge is 0.271 e. The number of carbonyl (C=O) groups excluding carboxylic acids is 2. The third-order valence-electron chi connectivity index (χ3n) is 3.52. The van der Waals surface area contributed by atoms with Gasteiger partial charge in [-0.3, -0.25) is 14.6 Å². The molecule has 2 heterocycles. The number of benzene rings is 1. The summed E-state index contributed by atoms with van der Waals surface area (Å²) in [4.78, 5) is 28.2. The van der Waals surface area contributed by atoms with Gasteiger partial charge in [-0.1, -0.05) is 18.2 Å². The summed E-state index contributed by atoms with van der Waals surface area (Å²) in [7, 11) is 0. The van der Waals surface area contributed by atoms with Gasteiger partial charge in [-0.15, -0.1) is 0 Å². The van der Waals surface area contributed by atoms with Crippen LogP contribution < -0.4 is 10.4 Å². The first-order valence-electron chi connectivity index (χ1n) is 7.34. The molecule has 1 atom stereocenters. The van der Waals surface area contributed by atoms with Crippen LogP contribution in [0.5, 0.6) is 0 Å². The predicted octanol–water partition coefficient (Wildman–Crippen LogP) is 1.84. The molecule has 120 valence electrons. The number of pyridine rings is 1. The van der Waals surface area contributed by atoms with E-state index in [0.717, 1.165) is 0 Å². The van der Waals surface area contributed by atoms with Crippen LogP contribution in [-0.4, -0.2) is 28.7 Å². The van der Waals surface area contributed by atoms with Crippen molar-refractivity contribution in [2.75, 3.05) is 5.01 Å². The van der Waals surface area contributed by atoms with Crippen molar-refractivity contribution in [2.24, 2.45) is 16.1 Å². The summed E-state index contributed by atoms with van der Waals surface area (Å²) in [5, 5.41) is 9.49. The van der Waals surface area contributed by atoms with Crippen molar-refractivity contribution in [1.82, 2.24) is 10.4 Å². The van der Waals surface area contributed by atoms with Crippen LogP contribution in [-0.2, 0) is 4.79 Å². The van der Waals surface area contributed by atoms with Crippen molar-refractivity contribution in [2.45, 2.75) is 6.92 Å². The summed E-state index contributed by atoms with van der Waals surface area (Å²) < 4.78 is 0. The number of amides is 2. The molecular weight excluding hydrogens is 306 g/mol. The molecule has 24 heavy (non-hydrogen) atoms. The van der Waals surface area contributed by atoms with E-state index in [2.05, 4.69) is 20.6 Å². The van der Waals surface area contributed by atoms with E-state index in [4.69, 9.17) is 0 Å². The molecule has 0 bridgehead atoms. The Kier molecular flexibility index (Phi) is 4.42. The van der Waals surface area contributed by atoms with Gasteiger partial charge in [-0.25, -0.2) is 5.43 Å². The normalized spacial score (nSPS) is 17.2. The van der Waals surface area contributed by atoms with Gasteiger partial charge < -0.3 is 0 Å². The average Bonchev–Trinajstić information content (AvgIpc) is 2.91. The van der Waals surface area contributed by atoms with Crippen LogP contribution in [0.4, 0.5) is 5.69 Å². The van der Waals surface area contributed by atoms with Crippen molar-refractivity contribution in [3.05, 3.63) is 60.4 Å². The third kappa shape index (κ3) is 3.19.